The number of non-ortho nitro benzene ring substituents is 2. The molecule has 2 rings (SSSR count). The van der Waals surface area contributed by atoms with E-state index in [-0.39, 0.29) is 22.6 Å². The van der Waals surface area contributed by atoms with Crippen molar-refractivity contribution in [1.29, 1.82) is 0 Å². The summed E-state index contributed by atoms with van der Waals surface area (Å²) in [6.45, 7) is -0.688. The molecule has 0 unspecified atom stereocenters. The van der Waals surface area contributed by atoms with E-state index < -0.39 is 34.1 Å². The van der Waals surface area contributed by atoms with Crippen LogP contribution in [0.3, 0.4) is 0 Å². The minimum atomic E-state index is -0.872. The Balaban J connectivity index is 1.93. The van der Waals surface area contributed by atoms with Crippen LogP contribution in [-0.2, 0) is 9.53 Å². The number of nitrogens with one attached hydrogen (secondary N) is 1. The lowest BCUT2D eigenvalue weighted by atomic mass is 10.2. The standard InChI is InChI=1S/C15H11N3O8/c19-13-7-11(18(24)25)5-6-12(13)16-14(20)8-26-15(21)9-1-3-10(4-2-9)17(22)23/h1-7,19H,8H2,(H,16,20). The number of phenolic OH excluding ortho intramolecular Hbond substituents is 1. The van der Waals surface area contributed by atoms with Crippen molar-refractivity contribution in [2.24, 2.45) is 0 Å². The summed E-state index contributed by atoms with van der Waals surface area (Å²) >= 11 is 0. The summed E-state index contributed by atoms with van der Waals surface area (Å²) in [6.07, 6.45) is 0. The van der Waals surface area contributed by atoms with E-state index in [0.29, 0.717) is 0 Å². The molecule has 2 N–H and O–H groups in total. The number of hydrogen-bond donors (Lipinski definition) is 2. The van der Waals surface area contributed by atoms with Gasteiger partial charge in [0, 0.05) is 18.2 Å². The van der Waals surface area contributed by atoms with Crippen molar-refractivity contribution in [1.82, 2.24) is 0 Å². The normalized spacial score (nSPS) is 10.0. The zero-order valence-electron chi connectivity index (χ0n) is 12.9. The van der Waals surface area contributed by atoms with Crippen LogP contribution in [0.5, 0.6) is 5.75 Å². The van der Waals surface area contributed by atoms with Gasteiger partial charge in [-0.1, -0.05) is 0 Å². The van der Waals surface area contributed by atoms with E-state index in [0.717, 1.165) is 30.3 Å². The molecule has 0 aromatic heterocycles. The summed E-state index contributed by atoms with van der Waals surface area (Å²) in [5.74, 6) is -2.18. The molecule has 0 fully saturated rings. The highest BCUT2D eigenvalue weighted by atomic mass is 16.6. The number of hydrogen-bond acceptors (Lipinski definition) is 8. The van der Waals surface area contributed by atoms with Crippen molar-refractivity contribution in [3.8, 4) is 5.75 Å². The van der Waals surface area contributed by atoms with E-state index in [1.807, 2.05) is 0 Å². The molecule has 26 heavy (non-hydrogen) atoms. The third-order valence-corrected chi connectivity index (χ3v) is 3.11. The molecule has 0 saturated carbocycles. The SMILES string of the molecule is O=C(COC(=O)c1ccc([N+](=O)[O-])cc1)Nc1ccc([N+](=O)[O-])cc1O. The predicted octanol–water partition coefficient (Wildman–Crippen LogP) is 2.00. The van der Waals surface area contributed by atoms with Crippen LogP contribution in [0.1, 0.15) is 10.4 Å². The summed E-state index contributed by atoms with van der Waals surface area (Å²) in [4.78, 5) is 43.3. The van der Waals surface area contributed by atoms with E-state index in [4.69, 9.17) is 4.74 Å². The maximum absolute atomic E-state index is 11.8. The second-order valence-corrected chi connectivity index (χ2v) is 4.89. The van der Waals surface area contributed by atoms with Gasteiger partial charge in [-0.05, 0) is 18.2 Å². The molecule has 0 saturated heterocycles. The van der Waals surface area contributed by atoms with Crippen LogP contribution in [0.25, 0.3) is 0 Å². The van der Waals surface area contributed by atoms with Crippen LogP contribution in [0.15, 0.2) is 42.5 Å². The van der Waals surface area contributed by atoms with Crippen molar-refractivity contribution >= 4 is 28.9 Å². The average Bonchev–Trinajstić information content (AvgIpc) is 2.61. The molecule has 1 amide bonds. The van der Waals surface area contributed by atoms with Crippen LogP contribution < -0.4 is 5.32 Å². The highest BCUT2D eigenvalue weighted by Gasteiger charge is 2.15. The van der Waals surface area contributed by atoms with Crippen molar-refractivity contribution < 1.29 is 29.3 Å². The summed E-state index contributed by atoms with van der Waals surface area (Å²) < 4.78 is 4.75. The number of aromatic hydroxyl groups is 1. The van der Waals surface area contributed by atoms with Gasteiger partial charge in [0.1, 0.15) is 5.75 Å². The highest BCUT2D eigenvalue weighted by Crippen LogP contribution is 2.27. The van der Waals surface area contributed by atoms with Gasteiger partial charge >= 0.3 is 5.97 Å². The smallest absolute Gasteiger partial charge is 0.338 e. The zero-order chi connectivity index (χ0) is 19.3. The minimum absolute atomic E-state index is 0.0154. The van der Waals surface area contributed by atoms with Crippen molar-refractivity contribution in [3.05, 3.63) is 68.3 Å². The summed E-state index contributed by atoms with van der Waals surface area (Å²) in [5.41, 5.74) is -0.633. The van der Waals surface area contributed by atoms with E-state index in [9.17, 15) is 34.9 Å². The molecule has 0 aliphatic rings. The van der Waals surface area contributed by atoms with E-state index >= 15 is 0 Å². The first-order chi connectivity index (χ1) is 12.3. The molecule has 134 valence electrons. The Bertz CT molecular complexity index is 879. The number of esters is 1. The highest BCUT2D eigenvalue weighted by molar-refractivity contribution is 5.96. The lowest BCUT2D eigenvalue weighted by Crippen LogP contribution is -2.21. The summed E-state index contributed by atoms with van der Waals surface area (Å²) in [7, 11) is 0. The Morgan fingerprint density at radius 3 is 2.12 bits per heavy atom. The monoisotopic (exact) mass is 361 g/mol. The van der Waals surface area contributed by atoms with Gasteiger partial charge < -0.3 is 15.2 Å². The van der Waals surface area contributed by atoms with Gasteiger partial charge in [0.05, 0.1) is 27.2 Å². The number of amides is 1. The molecule has 11 nitrogen and oxygen atoms in total. The third kappa shape index (κ3) is 4.50. The molecule has 0 heterocycles. The molecule has 0 aliphatic carbocycles. The topological polar surface area (TPSA) is 162 Å². The Morgan fingerprint density at radius 1 is 1.00 bits per heavy atom. The Kier molecular flexibility index (Phi) is 5.43. The number of phenols is 1. The summed E-state index contributed by atoms with van der Waals surface area (Å²) in [6, 6.07) is 7.67. The lowest BCUT2D eigenvalue weighted by molar-refractivity contribution is -0.385. The second kappa shape index (κ2) is 7.70. The fourth-order valence-electron chi connectivity index (χ4n) is 1.86. The number of benzene rings is 2. The number of nitro groups is 2. The number of nitrogens with zero attached hydrogens (tertiary/aromatic N) is 2. The Morgan fingerprint density at radius 2 is 1.58 bits per heavy atom. The van der Waals surface area contributed by atoms with Gasteiger partial charge in [-0.2, -0.15) is 0 Å². The number of carbonyl (C=O) groups excluding carboxylic acids is 2. The fraction of sp³-hybridized carbons (Fsp3) is 0.0667. The third-order valence-electron chi connectivity index (χ3n) is 3.11. The Hall–Kier alpha value is -4.02. The molecule has 0 bridgehead atoms. The van der Waals surface area contributed by atoms with Gasteiger partial charge in [0.15, 0.2) is 6.61 Å². The lowest BCUT2D eigenvalue weighted by Gasteiger charge is -2.08. The number of ether oxygens (including phenoxy) is 1. The molecule has 11 heteroatoms. The van der Waals surface area contributed by atoms with Crippen molar-refractivity contribution in [3.63, 3.8) is 0 Å². The molecule has 0 aliphatic heterocycles. The number of carbonyl (C=O) groups is 2. The zero-order valence-corrected chi connectivity index (χ0v) is 12.9. The van der Waals surface area contributed by atoms with Gasteiger partial charge in [0.25, 0.3) is 17.3 Å². The van der Waals surface area contributed by atoms with E-state index in [1.54, 1.807) is 0 Å². The van der Waals surface area contributed by atoms with Gasteiger partial charge in [-0.25, -0.2) is 4.79 Å². The maximum atomic E-state index is 11.8. The first-order valence-corrected chi connectivity index (χ1v) is 6.97. The van der Waals surface area contributed by atoms with Crippen LogP contribution in [0.2, 0.25) is 0 Å². The predicted molar refractivity (Wildman–Crippen MR) is 86.8 cm³/mol. The molecule has 0 spiro atoms. The number of anilines is 1. The minimum Gasteiger partial charge on any atom is -0.506 e. The summed E-state index contributed by atoms with van der Waals surface area (Å²) in [5, 5.41) is 33.0. The van der Waals surface area contributed by atoms with Gasteiger partial charge in [0.2, 0.25) is 0 Å². The molecule has 0 atom stereocenters. The molecule has 2 aromatic carbocycles. The maximum Gasteiger partial charge on any atom is 0.338 e. The largest absolute Gasteiger partial charge is 0.506 e. The number of rotatable bonds is 6. The first kappa shape index (κ1) is 18.3. The molecule has 2 aromatic rings. The van der Waals surface area contributed by atoms with E-state index in [2.05, 4.69) is 5.32 Å². The van der Waals surface area contributed by atoms with Crippen LogP contribution in [-0.4, -0.2) is 33.4 Å². The second-order valence-electron chi connectivity index (χ2n) is 4.89. The Labute approximate surface area is 145 Å². The number of nitro benzene ring substituents is 2. The first-order valence-electron chi connectivity index (χ1n) is 6.97. The molecule has 0 radical (unpaired) electrons. The van der Waals surface area contributed by atoms with Crippen LogP contribution in [0.4, 0.5) is 17.1 Å². The van der Waals surface area contributed by atoms with Crippen LogP contribution >= 0.6 is 0 Å². The average molecular weight is 361 g/mol. The van der Waals surface area contributed by atoms with Gasteiger partial charge in [-0.3, -0.25) is 25.0 Å². The molecular formula is C15H11N3O8. The van der Waals surface area contributed by atoms with Crippen molar-refractivity contribution in [2.75, 3.05) is 11.9 Å². The van der Waals surface area contributed by atoms with Crippen molar-refractivity contribution in [2.45, 2.75) is 0 Å². The van der Waals surface area contributed by atoms with E-state index in [1.165, 1.54) is 12.1 Å². The quantitative estimate of drug-likeness (QED) is 0.341. The van der Waals surface area contributed by atoms with Crippen LogP contribution in [0, 0.1) is 20.2 Å². The fourth-order valence-corrected chi connectivity index (χ4v) is 1.86. The van der Waals surface area contributed by atoms with Gasteiger partial charge in [-0.15, -0.1) is 0 Å². The molecular weight excluding hydrogens is 350 g/mol.